The van der Waals surface area contributed by atoms with Crippen LogP contribution in [0.2, 0.25) is 0 Å². The Bertz CT molecular complexity index is 441. The number of likely N-dealkylation sites (tertiary alicyclic amines) is 1. The molecule has 1 heterocycles. The fourth-order valence-corrected chi connectivity index (χ4v) is 2.62. The second-order valence-electron chi connectivity index (χ2n) is 5.57. The van der Waals surface area contributed by atoms with Crippen molar-refractivity contribution in [3.05, 3.63) is 29.8 Å². The number of amides is 1. The Morgan fingerprint density at radius 1 is 1.40 bits per heavy atom. The van der Waals surface area contributed by atoms with Crippen molar-refractivity contribution in [3.8, 4) is 0 Å². The lowest BCUT2D eigenvalue weighted by atomic mass is 10.1. The summed E-state index contributed by atoms with van der Waals surface area (Å²) in [5.41, 5.74) is 7.92. The van der Waals surface area contributed by atoms with Crippen LogP contribution in [0.5, 0.6) is 0 Å². The third-order valence-electron chi connectivity index (χ3n) is 3.74. The summed E-state index contributed by atoms with van der Waals surface area (Å²) in [6.45, 7) is 5.35. The molecule has 1 fully saturated rings. The summed E-state index contributed by atoms with van der Waals surface area (Å²) < 4.78 is 0. The van der Waals surface area contributed by atoms with Crippen LogP contribution in [-0.2, 0) is 11.3 Å². The number of nitrogens with zero attached hydrogens (tertiary/aromatic N) is 1. The van der Waals surface area contributed by atoms with Gasteiger partial charge in [-0.3, -0.25) is 9.69 Å². The number of benzene rings is 1. The predicted molar refractivity (Wildman–Crippen MR) is 82.5 cm³/mol. The summed E-state index contributed by atoms with van der Waals surface area (Å²) >= 11 is 0. The molecule has 1 aliphatic rings. The zero-order valence-corrected chi connectivity index (χ0v) is 12.3. The molecule has 0 bridgehead atoms. The van der Waals surface area contributed by atoms with Gasteiger partial charge in [0, 0.05) is 12.2 Å². The molecule has 0 unspecified atom stereocenters. The lowest BCUT2D eigenvalue weighted by Crippen LogP contribution is -2.35. The maximum atomic E-state index is 11.9. The van der Waals surface area contributed by atoms with Gasteiger partial charge in [-0.05, 0) is 50.0 Å². The van der Waals surface area contributed by atoms with Crippen molar-refractivity contribution in [2.24, 2.45) is 5.73 Å². The maximum Gasteiger partial charge on any atom is 0.241 e. The molecule has 2 rings (SSSR count). The van der Waals surface area contributed by atoms with Crippen LogP contribution >= 0.6 is 0 Å². The molecule has 110 valence electrons. The average Bonchev–Trinajstić information content (AvgIpc) is 2.92. The molecule has 1 aliphatic heterocycles. The minimum atomic E-state index is -0.415. The topological polar surface area (TPSA) is 58.4 Å². The third-order valence-corrected chi connectivity index (χ3v) is 3.74. The van der Waals surface area contributed by atoms with Crippen molar-refractivity contribution in [3.63, 3.8) is 0 Å². The molecule has 0 spiro atoms. The Kier molecular flexibility index (Phi) is 5.56. The molecule has 1 atom stereocenters. The first kappa shape index (κ1) is 15.0. The van der Waals surface area contributed by atoms with E-state index in [1.807, 2.05) is 19.1 Å². The highest BCUT2D eigenvalue weighted by molar-refractivity contribution is 5.94. The zero-order valence-electron chi connectivity index (χ0n) is 12.3. The molecule has 20 heavy (non-hydrogen) atoms. The van der Waals surface area contributed by atoms with Crippen molar-refractivity contribution in [2.75, 3.05) is 18.4 Å². The van der Waals surface area contributed by atoms with Gasteiger partial charge < -0.3 is 11.1 Å². The van der Waals surface area contributed by atoms with Crippen LogP contribution in [0.1, 0.15) is 38.2 Å². The molecule has 4 heteroatoms. The minimum Gasteiger partial charge on any atom is -0.325 e. The van der Waals surface area contributed by atoms with Crippen LogP contribution in [0.25, 0.3) is 0 Å². The second-order valence-corrected chi connectivity index (χ2v) is 5.57. The van der Waals surface area contributed by atoms with Gasteiger partial charge in [0.25, 0.3) is 0 Å². The van der Waals surface area contributed by atoms with Crippen molar-refractivity contribution >= 4 is 11.6 Å². The van der Waals surface area contributed by atoms with Gasteiger partial charge in [-0.15, -0.1) is 0 Å². The molecule has 1 saturated heterocycles. The molecule has 0 aliphatic carbocycles. The van der Waals surface area contributed by atoms with E-state index in [1.165, 1.54) is 31.5 Å². The van der Waals surface area contributed by atoms with Crippen molar-refractivity contribution < 1.29 is 4.79 Å². The lowest BCUT2D eigenvalue weighted by Gasteiger charge is -2.16. The predicted octanol–water partition coefficient (Wildman–Crippen LogP) is 2.35. The van der Waals surface area contributed by atoms with Gasteiger partial charge in [0.15, 0.2) is 0 Å². The van der Waals surface area contributed by atoms with Crippen LogP contribution in [-0.4, -0.2) is 29.9 Å². The van der Waals surface area contributed by atoms with Crippen molar-refractivity contribution in [1.82, 2.24) is 4.90 Å². The Hall–Kier alpha value is -1.39. The number of hydrogen-bond acceptors (Lipinski definition) is 3. The van der Waals surface area contributed by atoms with E-state index in [0.717, 1.165) is 25.1 Å². The molecule has 3 N–H and O–H groups in total. The Morgan fingerprint density at radius 2 is 2.15 bits per heavy atom. The molecular formula is C16H25N3O. The lowest BCUT2D eigenvalue weighted by molar-refractivity contribution is -0.117. The van der Waals surface area contributed by atoms with E-state index in [9.17, 15) is 4.79 Å². The number of hydrogen-bond donors (Lipinski definition) is 2. The quantitative estimate of drug-likeness (QED) is 0.838. The van der Waals surface area contributed by atoms with Gasteiger partial charge in [-0.25, -0.2) is 0 Å². The van der Waals surface area contributed by atoms with Gasteiger partial charge in [0.2, 0.25) is 5.91 Å². The van der Waals surface area contributed by atoms with E-state index in [2.05, 4.69) is 22.3 Å². The van der Waals surface area contributed by atoms with Gasteiger partial charge in [-0.2, -0.15) is 0 Å². The summed E-state index contributed by atoms with van der Waals surface area (Å²) in [5, 5.41) is 2.91. The zero-order chi connectivity index (χ0) is 14.4. The van der Waals surface area contributed by atoms with Gasteiger partial charge >= 0.3 is 0 Å². The average molecular weight is 275 g/mol. The van der Waals surface area contributed by atoms with E-state index < -0.39 is 6.04 Å². The number of nitrogens with one attached hydrogen (secondary N) is 1. The summed E-state index contributed by atoms with van der Waals surface area (Å²) in [6.07, 6.45) is 4.23. The summed E-state index contributed by atoms with van der Waals surface area (Å²) in [7, 11) is 0. The Balaban J connectivity index is 1.93. The first-order chi connectivity index (χ1) is 9.69. The van der Waals surface area contributed by atoms with Gasteiger partial charge in [0.05, 0.1) is 6.04 Å². The van der Waals surface area contributed by atoms with Crippen LogP contribution in [0.15, 0.2) is 24.3 Å². The van der Waals surface area contributed by atoms with Gasteiger partial charge in [-0.1, -0.05) is 25.5 Å². The number of rotatable bonds is 6. The molecule has 4 nitrogen and oxygen atoms in total. The fraction of sp³-hybridized carbons (Fsp3) is 0.562. The summed E-state index contributed by atoms with van der Waals surface area (Å²) in [4.78, 5) is 14.4. The fourth-order valence-electron chi connectivity index (χ4n) is 2.62. The molecule has 0 saturated carbocycles. The SMILES string of the molecule is CCC[C@@H](N)C(=O)Nc1cccc(CN2CCCC2)c1. The first-order valence-electron chi connectivity index (χ1n) is 7.57. The first-order valence-corrected chi connectivity index (χ1v) is 7.57. The maximum absolute atomic E-state index is 11.9. The summed E-state index contributed by atoms with van der Waals surface area (Å²) in [6, 6.07) is 7.66. The highest BCUT2D eigenvalue weighted by Crippen LogP contribution is 2.16. The molecule has 0 radical (unpaired) electrons. The molecule has 1 aromatic rings. The van der Waals surface area contributed by atoms with E-state index in [0.29, 0.717) is 0 Å². The number of carbonyl (C=O) groups excluding carboxylic acids is 1. The van der Waals surface area contributed by atoms with E-state index in [1.54, 1.807) is 0 Å². The van der Waals surface area contributed by atoms with Crippen LogP contribution in [0.4, 0.5) is 5.69 Å². The minimum absolute atomic E-state index is 0.0924. The molecule has 1 amide bonds. The normalized spacial score (nSPS) is 17.1. The van der Waals surface area contributed by atoms with Crippen LogP contribution in [0, 0.1) is 0 Å². The molecule has 1 aromatic carbocycles. The Morgan fingerprint density at radius 3 is 2.85 bits per heavy atom. The highest BCUT2D eigenvalue weighted by atomic mass is 16.2. The van der Waals surface area contributed by atoms with E-state index in [-0.39, 0.29) is 5.91 Å². The largest absolute Gasteiger partial charge is 0.325 e. The Labute approximate surface area is 121 Å². The molecular weight excluding hydrogens is 250 g/mol. The monoisotopic (exact) mass is 275 g/mol. The van der Waals surface area contributed by atoms with Crippen molar-refractivity contribution in [1.29, 1.82) is 0 Å². The number of anilines is 1. The molecule has 0 aromatic heterocycles. The van der Waals surface area contributed by atoms with Crippen LogP contribution in [0.3, 0.4) is 0 Å². The van der Waals surface area contributed by atoms with E-state index >= 15 is 0 Å². The van der Waals surface area contributed by atoms with Crippen LogP contribution < -0.4 is 11.1 Å². The van der Waals surface area contributed by atoms with Crippen molar-refractivity contribution in [2.45, 2.75) is 45.2 Å². The highest BCUT2D eigenvalue weighted by Gasteiger charge is 2.14. The number of carbonyl (C=O) groups is 1. The standard InChI is InChI=1S/C16H25N3O/c1-2-6-15(17)16(20)18-14-8-5-7-13(11-14)12-19-9-3-4-10-19/h5,7-8,11,15H,2-4,6,9-10,12,17H2,1H3,(H,18,20)/t15-/m1/s1. The van der Waals surface area contributed by atoms with E-state index in [4.69, 9.17) is 5.73 Å². The van der Waals surface area contributed by atoms with Gasteiger partial charge in [0.1, 0.15) is 0 Å². The second kappa shape index (κ2) is 7.41. The summed E-state index contributed by atoms with van der Waals surface area (Å²) in [5.74, 6) is -0.0924. The third kappa shape index (κ3) is 4.32. The number of nitrogens with two attached hydrogens (primary N) is 1. The smallest absolute Gasteiger partial charge is 0.241 e.